The Labute approximate surface area is 111 Å². The van der Waals surface area contributed by atoms with Gasteiger partial charge in [-0.25, -0.2) is 4.98 Å². The molecule has 1 N–H and O–H groups in total. The van der Waals surface area contributed by atoms with Crippen LogP contribution < -0.4 is 4.90 Å². The molecule has 1 saturated carbocycles. The quantitative estimate of drug-likeness (QED) is 0.839. The summed E-state index contributed by atoms with van der Waals surface area (Å²) in [4.78, 5) is 6.05. The molecule has 0 radical (unpaired) electrons. The minimum Gasteiger partial charge on any atom is -0.391 e. The van der Waals surface area contributed by atoms with Gasteiger partial charge in [-0.1, -0.05) is 23.2 Å². The van der Waals surface area contributed by atoms with Gasteiger partial charge >= 0.3 is 0 Å². The molecule has 1 aromatic rings. The Balaban J connectivity index is 2.10. The summed E-state index contributed by atoms with van der Waals surface area (Å²) in [7, 11) is 0. The van der Waals surface area contributed by atoms with E-state index in [9.17, 15) is 5.11 Å². The van der Waals surface area contributed by atoms with E-state index in [0.717, 1.165) is 25.1 Å². The number of likely N-dealkylation sites (N-methyl/N-ethyl adjacent to an activating group) is 1. The highest BCUT2D eigenvalue weighted by atomic mass is 35.5. The van der Waals surface area contributed by atoms with E-state index in [-0.39, 0.29) is 6.10 Å². The van der Waals surface area contributed by atoms with E-state index < -0.39 is 0 Å². The number of aromatic nitrogens is 1. The average Bonchev–Trinajstić information content (AvgIpc) is 3.10. The van der Waals surface area contributed by atoms with Crippen LogP contribution in [-0.2, 0) is 0 Å². The van der Waals surface area contributed by atoms with E-state index in [1.807, 2.05) is 17.9 Å². The Morgan fingerprint density at radius 3 is 2.71 bits per heavy atom. The highest BCUT2D eigenvalue weighted by Crippen LogP contribution is 2.34. The van der Waals surface area contributed by atoms with Crippen molar-refractivity contribution in [1.29, 1.82) is 0 Å². The molecule has 1 aromatic heterocycles. The molecule has 2 rings (SSSR count). The van der Waals surface area contributed by atoms with Crippen molar-refractivity contribution in [3.63, 3.8) is 0 Å². The fourth-order valence-corrected chi connectivity index (χ4v) is 2.36. The second-order valence-electron chi connectivity index (χ2n) is 4.39. The third-order valence-electron chi connectivity index (χ3n) is 3.09. The summed E-state index contributed by atoms with van der Waals surface area (Å²) in [5.74, 6) is 0.461. The highest BCUT2D eigenvalue weighted by molar-refractivity contribution is 6.34. The molecule has 1 aliphatic rings. The molecule has 1 unspecified atom stereocenters. The number of pyridine rings is 1. The molecule has 1 aliphatic carbocycles. The standard InChI is InChI=1S/C12H16Cl2N2O/c1-2-16(7-10(17)8-3-4-8)9-5-6-11(13)15-12(9)14/h5-6,8,10,17H,2-4,7H2,1H3. The summed E-state index contributed by atoms with van der Waals surface area (Å²) >= 11 is 11.8. The van der Waals surface area contributed by atoms with Gasteiger partial charge in [0.05, 0.1) is 11.8 Å². The summed E-state index contributed by atoms with van der Waals surface area (Å²) in [6, 6.07) is 3.57. The first kappa shape index (κ1) is 12.9. The maximum Gasteiger partial charge on any atom is 0.154 e. The number of rotatable bonds is 5. The molecule has 0 aliphatic heterocycles. The van der Waals surface area contributed by atoms with Crippen molar-refractivity contribution < 1.29 is 5.11 Å². The van der Waals surface area contributed by atoms with E-state index in [4.69, 9.17) is 23.2 Å². The lowest BCUT2D eigenvalue weighted by molar-refractivity contribution is 0.157. The van der Waals surface area contributed by atoms with Crippen LogP contribution in [0.3, 0.4) is 0 Å². The minimum atomic E-state index is -0.276. The molecule has 94 valence electrons. The van der Waals surface area contributed by atoms with Gasteiger partial charge in [0.25, 0.3) is 0 Å². The van der Waals surface area contributed by atoms with Crippen LogP contribution in [0.2, 0.25) is 10.3 Å². The van der Waals surface area contributed by atoms with Crippen LogP contribution in [-0.4, -0.2) is 29.3 Å². The molecule has 1 fully saturated rings. The molecule has 0 amide bonds. The number of aliphatic hydroxyl groups is 1. The van der Waals surface area contributed by atoms with E-state index in [0.29, 0.717) is 22.8 Å². The lowest BCUT2D eigenvalue weighted by atomic mass is 10.2. The average molecular weight is 275 g/mol. The van der Waals surface area contributed by atoms with E-state index in [1.54, 1.807) is 6.07 Å². The second-order valence-corrected chi connectivity index (χ2v) is 5.13. The smallest absolute Gasteiger partial charge is 0.154 e. The molecular formula is C12H16Cl2N2O. The first-order chi connectivity index (χ1) is 8.11. The Hall–Kier alpha value is -0.510. The van der Waals surface area contributed by atoms with Crippen molar-refractivity contribution in [2.75, 3.05) is 18.0 Å². The predicted octanol–water partition coefficient (Wildman–Crippen LogP) is 2.99. The summed E-state index contributed by atoms with van der Waals surface area (Å²) in [6.07, 6.45) is 1.98. The second kappa shape index (κ2) is 5.42. The zero-order chi connectivity index (χ0) is 12.4. The van der Waals surface area contributed by atoms with E-state index in [2.05, 4.69) is 4.98 Å². The Bertz CT molecular complexity index is 396. The number of hydrogen-bond donors (Lipinski definition) is 1. The Kier molecular flexibility index (Phi) is 4.13. The van der Waals surface area contributed by atoms with Gasteiger partial charge in [0.1, 0.15) is 5.15 Å². The van der Waals surface area contributed by atoms with Crippen LogP contribution in [0.5, 0.6) is 0 Å². The SMILES string of the molecule is CCN(CC(O)C1CC1)c1ccc(Cl)nc1Cl. The van der Waals surface area contributed by atoms with Gasteiger partial charge < -0.3 is 10.0 Å². The summed E-state index contributed by atoms with van der Waals surface area (Å²) < 4.78 is 0. The van der Waals surface area contributed by atoms with Crippen LogP contribution in [0.1, 0.15) is 19.8 Å². The molecule has 1 heterocycles. The maximum atomic E-state index is 9.97. The van der Waals surface area contributed by atoms with Crippen molar-refractivity contribution in [2.45, 2.75) is 25.9 Å². The largest absolute Gasteiger partial charge is 0.391 e. The highest BCUT2D eigenvalue weighted by Gasteiger charge is 2.31. The van der Waals surface area contributed by atoms with Gasteiger partial charge in [-0.05, 0) is 37.8 Å². The molecule has 0 bridgehead atoms. The van der Waals surface area contributed by atoms with Crippen molar-refractivity contribution in [1.82, 2.24) is 4.98 Å². The summed E-state index contributed by atoms with van der Waals surface area (Å²) in [5.41, 5.74) is 0.832. The van der Waals surface area contributed by atoms with Crippen molar-refractivity contribution in [2.24, 2.45) is 5.92 Å². The van der Waals surface area contributed by atoms with Crippen LogP contribution in [0.4, 0.5) is 5.69 Å². The molecular weight excluding hydrogens is 259 g/mol. The fourth-order valence-electron chi connectivity index (χ4n) is 1.89. The molecule has 0 spiro atoms. The molecule has 17 heavy (non-hydrogen) atoms. The predicted molar refractivity (Wildman–Crippen MR) is 70.9 cm³/mol. The Morgan fingerprint density at radius 1 is 1.47 bits per heavy atom. The van der Waals surface area contributed by atoms with Gasteiger partial charge in [-0.3, -0.25) is 0 Å². The van der Waals surface area contributed by atoms with Crippen LogP contribution in [0.15, 0.2) is 12.1 Å². The van der Waals surface area contributed by atoms with E-state index >= 15 is 0 Å². The first-order valence-corrected chi connectivity index (χ1v) is 6.62. The third kappa shape index (κ3) is 3.24. The van der Waals surface area contributed by atoms with Gasteiger partial charge in [-0.15, -0.1) is 0 Å². The fraction of sp³-hybridized carbons (Fsp3) is 0.583. The lowest BCUT2D eigenvalue weighted by Crippen LogP contribution is -2.33. The minimum absolute atomic E-state index is 0.276. The zero-order valence-corrected chi connectivity index (χ0v) is 11.2. The molecule has 0 aromatic carbocycles. The maximum absolute atomic E-state index is 9.97. The molecule has 3 nitrogen and oxygen atoms in total. The van der Waals surface area contributed by atoms with Crippen molar-refractivity contribution >= 4 is 28.9 Å². The zero-order valence-electron chi connectivity index (χ0n) is 9.74. The number of halogens is 2. The molecule has 5 heteroatoms. The van der Waals surface area contributed by atoms with Crippen LogP contribution in [0.25, 0.3) is 0 Å². The van der Waals surface area contributed by atoms with Gasteiger partial charge in [0.15, 0.2) is 5.15 Å². The van der Waals surface area contributed by atoms with Crippen LogP contribution >= 0.6 is 23.2 Å². The number of anilines is 1. The van der Waals surface area contributed by atoms with Gasteiger partial charge in [0, 0.05) is 13.1 Å². The van der Waals surface area contributed by atoms with Gasteiger partial charge in [0.2, 0.25) is 0 Å². The monoisotopic (exact) mass is 274 g/mol. The molecule has 1 atom stereocenters. The third-order valence-corrected chi connectivity index (χ3v) is 3.58. The molecule has 0 saturated heterocycles. The summed E-state index contributed by atoms with van der Waals surface area (Å²) in [5, 5.41) is 10.7. The Morgan fingerprint density at radius 2 is 2.18 bits per heavy atom. The summed E-state index contributed by atoms with van der Waals surface area (Å²) in [6.45, 7) is 3.42. The number of hydrogen-bond acceptors (Lipinski definition) is 3. The van der Waals surface area contributed by atoms with Crippen molar-refractivity contribution in [3.8, 4) is 0 Å². The van der Waals surface area contributed by atoms with Gasteiger partial charge in [-0.2, -0.15) is 0 Å². The van der Waals surface area contributed by atoms with Crippen molar-refractivity contribution in [3.05, 3.63) is 22.4 Å². The normalized spacial score (nSPS) is 16.9. The first-order valence-electron chi connectivity index (χ1n) is 5.87. The number of aliphatic hydroxyl groups excluding tert-OH is 1. The topological polar surface area (TPSA) is 36.4 Å². The van der Waals surface area contributed by atoms with E-state index in [1.165, 1.54) is 0 Å². The number of nitrogens with zero attached hydrogens (tertiary/aromatic N) is 2. The van der Waals surface area contributed by atoms with Crippen LogP contribution in [0, 0.1) is 5.92 Å². The lowest BCUT2D eigenvalue weighted by Gasteiger charge is -2.26.